The molecule has 1 aliphatic rings. The van der Waals surface area contributed by atoms with Gasteiger partial charge in [-0.25, -0.2) is 0 Å². The van der Waals surface area contributed by atoms with Crippen LogP contribution in [0.1, 0.15) is 39.2 Å². The van der Waals surface area contributed by atoms with E-state index in [4.69, 9.17) is 0 Å². The summed E-state index contributed by atoms with van der Waals surface area (Å²) in [5.74, 6) is 0.415. The highest BCUT2D eigenvalue weighted by molar-refractivity contribution is 5.26. The molecule has 1 fully saturated rings. The van der Waals surface area contributed by atoms with Gasteiger partial charge in [-0.1, -0.05) is 51.1 Å². The van der Waals surface area contributed by atoms with E-state index in [9.17, 15) is 10.2 Å². The van der Waals surface area contributed by atoms with Crippen molar-refractivity contribution in [3.8, 4) is 0 Å². The predicted octanol–water partition coefficient (Wildman–Crippen LogP) is 2.69. The van der Waals surface area contributed by atoms with E-state index in [1.807, 2.05) is 44.2 Å². The van der Waals surface area contributed by atoms with Crippen molar-refractivity contribution in [3.05, 3.63) is 35.9 Å². The maximum Gasteiger partial charge on any atom is 0.116 e. The fourth-order valence-corrected chi connectivity index (χ4v) is 3.37. The molecule has 17 heavy (non-hydrogen) atoms. The Morgan fingerprint density at radius 3 is 2.29 bits per heavy atom. The summed E-state index contributed by atoms with van der Waals surface area (Å²) in [6.45, 7) is 6.20. The van der Waals surface area contributed by atoms with Gasteiger partial charge in [0.25, 0.3) is 0 Å². The van der Waals surface area contributed by atoms with Gasteiger partial charge in [0.05, 0.1) is 6.10 Å². The summed E-state index contributed by atoms with van der Waals surface area (Å²) in [5, 5.41) is 21.3. The lowest BCUT2D eigenvalue weighted by atomic mass is 9.62. The molecule has 2 heteroatoms. The quantitative estimate of drug-likeness (QED) is 0.784. The van der Waals surface area contributed by atoms with E-state index in [2.05, 4.69) is 6.92 Å². The first-order valence-corrected chi connectivity index (χ1v) is 6.32. The molecule has 0 aromatic heterocycles. The van der Waals surface area contributed by atoms with E-state index in [0.29, 0.717) is 12.3 Å². The van der Waals surface area contributed by atoms with Crippen molar-refractivity contribution in [2.45, 2.75) is 45.3 Å². The third kappa shape index (κ3) is 2.12. The van der Waals surface area contributed by atoms with E-state index in [1.54, 1.807) is 0 Å². The van der Waals surface area contributed by atoms with Crippen molar-refractivity contribution in [2.75, 3.05) is 0 Å². The lowest BCUT2D eigenvalue weighted by molar-refractivity contribution is -0.171. The summed E-state index contributed by atoms with van der Waals surface area (Å²) in [6.07, 6.45) is 0.860. The van der Waals surface area contributed by atoms with Crippen LogP contribution in [0.4, 0.5) is 0 Å². The zero-order valence-electron chi connectivity index (χ0n) is 10.9. The minimum atomic E-state index is -1.11. The summed E-state index contributed by atoms with van der Waals surface area (Å²) >= 11 is 0. The van der Waals surface area contributed by atoms with Crippen molar-refractivity contribution in [2.24, 2.45) is 11.3 Å². The van der Waals surface area contributed by atoms with Gasteiger partial charge in [0, 0.05) is 0 Å². The average Bonchev–Trinajstić information content (AvgIpc) is 2.26. The predicted molar refractivity (Wildman–Crippen MR) is 68.5 cm³/mol. The van der Waals surface area contributed by atoms with E-state index in [-0.39, 0.29) is 5.41 Å². The molecular weight excluding hydrogens is 212 g/mol. The van der Waals surface area contributed by atoms with Crippen LogP contribution >= 0.6 is 0 Å². The van der Waals surface area contributed by atoms with Gasteiger partial charge in [0.15, 0.2) is 0 Å². The van der Waals surface area contributed by atoms with Gasteiger partial charge >= 0.3 is 0 Å². The van der Waals surface area contributed by atoms with Crippen LogP contribution in [0, 0.1) is 11.3 Å². The summed E-state index contributed by atoms with van der Waals surface area (Å²) in [4.78, 5) is 0. The van der Waals surface area contributed by atoms with Crippen LogP contribution in [0.2, 0.25) is 0 Å². The molecule has 3 atom stereocenters. The highest BCUT2D eigenvalue weighted by Gasteiger charge is 2.50. The van der Waals surface area contributed by atoms with Crippen LogP contribution in [0.15, 0.2) is 30.3 Å². The number of benzene rings is 1. The summed E-state index contributed by atoms with van der Waals surface area (Å²) in [7, 11) is 0. The minimum absolute atomic E-state index is 0.248. The van der Waals surface area contributed by atoms with E-state index < -0.39 is 11.7 Å². The van der Waals surface area contributed by atoms with Crippen LogP contribution < -0.4 is 0 Å². The van der Waals surface area contributed by atoms with Gasteiger partial charge in [-0.2, -0.15) is 0 Å². The second-order valence-electron chi connectivity index (χ2n) is 6.19. The molecule has 2 nitrogen and oxygen atoms in total. The molecule has 2 rings (SSSR count). The highest BCUT2D eigenvalue weighted by Crippen LogP contribution is 2.48. The Bertz CT molecular complexity index is 385. The smallest absolute Gasteiger partial charge is 0.116 e. The standard InChI is InChI=1S/C15H22O2/c1-11-9-14(2,3)13(16)15(17,10-11)12-7-5-4-6-8-12/h4-8,11,13,16-17H,9-10H2,1-3H3. The molecule has 1 aromatic rings. The molecule has 1 aromatic carbocycles. The monoisotopic (exact) mass is 234 g/mol. The van der Waals surface area contributed by atoms with Crippen molar-refractivity contribution in [1.82, 2.24) is 0 Å². The second kappa shape index (κ2) is 4.11. The third-order valence-electron chi connectivity index (χ3n) is 4.00. The summed E-state index contributed by atoms with van der Waals surface area (Å²) in [6, 6.07) is 9.55. The molecule has 0 aliphatic heterocycles. The fourth-order valence-electron chi connectivity index (χ4n) is 3.37. The first-order valence-electron chi connectivity index (χ1n) is 6.32. The molecule has 1 aliphatic carbocycles. The van der Waals surface area contributed by atoms with Gasteiger partial charge in [-0.15, -0.1) is 0 Å². The van der Waals surface area contributed by atoms with Crippen LogP contribution in [0.25, 0.3) is 0 Å². The van der Waals surface area contributed by atoms with Gasteiger partial charge in [0.1, 0.15) is 5.60 Å². The number of rotatable bonds is 1. The first-order chi connectivity index (χ1) is 7.86. The molecule has 2 N–H and O–H groups in total. The normalized spacial score (nSPS) is 36.8. The highest BCUT2D eigenvalue weighted by atomic mass is 16.3. The Hall–Kier alpha value is -0.860. The van der Waals surface area contributed by atoms with Crippen molar-refractivity contribution in [1.29, 1.82) is 0 Å². The Morgan fingerprint density at radius 1 is 1.12 bits per heavy atom. The topological polar surface area (TPSA) is 40.5 Å². The number of aliphatic hydroxyl groups is 2. The van der Waals surface area contributed by atoms with E-state index in [0.717, 1.165) is 12.0 Å². The molecule has 0 amide bonds. The van der Waals surface area contributed by atoms with Crippen molar-refractivity contribution in [3.63, 3.8) is 0 Å². The van der Waals surface area contributed by atoms with Crippen LogP contribution in [-0.2, 0) is 5.60 Å². The SMILES string of the molecule is CC1CC(C)(C)C(O)C(O)(c2ccccc2)C1. The van der Waals surface area contributed by atoms with Gasteiger partial charge in [-0.05, 0) is 29.7 Å². The minimum Gasteiger partial charge on any atom is -0.389 e. The fraction of sp³-hybridized carbons (Fsp3) is 0.600. The maximum absolute atomic E-state index is 10.9. The number of hydrogen-bond acceptors (Lipinski definition) is 2. The zero-order valence-corrected chi connectivity index (χ0v) is 10.9. The first kappa shape index (κ1) is 12.6. The van der Waals surface area contributed by atoms with Gasteiger partial charge < -0.3 is 10.2 Å². The Morgan fingerprint density at radius 2 is 1.71 bits per heavy atom. The summed E-state index contributed by atoms with van der Waals surface area (Å²) in [5.41, 5.74) is -0.530. The molecule has 1 saturated carbocycles. The average molecular weight is 234 g/mol. The van der Waals surface area contributed by atoms with Crippen molar-refractivity contribution >= 4 is 0 Å². The third-order valence-corrected chi connectivity index (χ3v) is 4.00. The number of hydrogen-bond donors (Lipinski definition) is 2. The lowest BCUT2D eigenvalue weighted by Crippen LogP contribution is -2.53. The van der Waals surface area contributed by atoms with E-state index >= 15 is 0 Å². The molecule has 0 spiro atoms. The second-order valence-corrected chi connectivity index (χ2v) is 6.19. The van der Waals surface area contributed by atoms with Gasteiger partial charge in [0.2, 0.25) is 0 Å². The zero-order chi connectivity index (χ0) is 12.7. The summed E-state index contributed by atoms with van der Waals surface area (Å²) < 4.78 is 0. The van der Waals surface area contributed by atoms with Gasteiger partial charge in [-0.3, -0.25) is 0 Å². The van der Waals surface area contributed by atoms with Crippen LogP contribution in [0.5, 0.6) is 0 Å². The molecule has 0 heterocycles. The maximum atomic E-state index is 10.9. The molecule has 94 valence electrons. The Balaban J connectivity index is 2.42. The molecule has 3 unspecified atom stereocenters. The Kier molecular flexibility index (Phi) is 3.04. The lowest BCUT2D eigenvalue weighted by Gasteiger charge is -2.49. The Labute approximate surface area is 103 Å². The molecule has 0 bridgehead atoms. The van der Waals surface area contributed by atoms with Crippen molar-refractivity contribution < 1.29 is 10.2 Å². The van der Waals surface area contributed by atoms with E-state index in [1.165, 1.54) is 0 Å². The molecular formula is C15H22O2. The van der Waals surface area contributed by atoms with Crippen LogP contribution in [0.3, 0.4) is 0 Å². The molecule has 0 radical (unpaired) electrons. The molecule has 0 saturated heterocycles. The van der Waals surface area contributed by atoms with Crippen LogP contribution in [-0.4, -0.2) is 16.3 Å². The largest absolute Gasteiger partial charge is 0.389 e. The number of aliphatic hydroxyl groups excluding tert-OH is 1.